The standard InChI is InChI=1S/C19H24N2O.ClH/c1-13-8-14(2)10-17(9-13)11-15(3)21-19(22)12-16-4-6-18(20)7-5-16;/h4-10,15H,11-12,20H2,1-3H3,(H,21,22);1H. The quantitative estimate of drug-likeness (QED) is 0.822. The highest BCUT2D eigenvalue weighted by Crippen LogP contribution is 2.11. The van der Waals surface area contributed by atoms with Crippen LogP contribution in [0.3, 0.4) is 0 Å². The predicted molar refractivity (Wildman–Crippen MR) is 99.0 cm³/mol. The van der Waals surface area contributed by atoms with Gasteiger partial charge in [-0.25, -0.2) is 0 Å². The van der Waals surface area contributed by atoms with Crippen LogP contribution in [0.4, 0.5) is 5.69 Å². The maximum Gasteiger partial charge on any atom is 0.224 e. The molecule has 1 amide bonds. The van der Waals surface area contributed by atoms with E-state index >= 15 is 0 Å². The molecule has 0 bridgehead atoms. The van der Waals surface area contributed by atoms with E-state index in [1.54, 1.807) is 0 Å². The van der Waals surface area contributed by atoms with Crippen molar-refractivity contribution in [2.24, 2.45) is 0 Å². The molecule has 3 N–H and O–H groups in total. The van der Waals surface area contributed by atoms with Crippen molar-refractivity contribution in [2.75, 3.05) is 5.73 Å². The summed E-state index contributed by atoms with van der Waals surface area (Å²) >= 11 is 0. The average molecular weight is 333 g/mol. The first kappa shape index (κ1) is 19.0. The highest BCUT2D eigenvalue weighted by Gasteiger charge is 2.09. The Kier molecular flexibility index (Phi) is 7.11. The topological polar surface area (TPSA) is 55.1 Å². The van der Waals surface area contributed by atoms with Crippen LogP contribution in [0.5, 0.6) is 0 Å². The lowest BCUT2D eigenvalue weighted by molar-refractivity contribution is -0.121. The van der Waals surface area contributed by atoms with Crippen LogP contribution in [0.2, 0.25) is 0 Å². The lowest BCUT2D eigenvalue weighted by atomic mass is 10.0. The summed E-state index contributed by atoms with van der Waals surface area (Å²) in [6.07, 6.45) is 1.23. The van der Waals surface area contributed by atoms with Crippen molar-refractivity contribution in [3.63, 3.8) is 0 Å². The number of nitrogens with two attached hydrogens (primary N) is 1. The van der Waals surface area contributed by atoms with E-state index in [4.69, 9.17) is 5.73 Å². The molecule has 4 heteroatoms. The molecular formula is C19H25ClN2O. The van der Waals surface area contributed by atoms with Gasteiger partial charge in [-0.1, -0.05) is 41.5 Å². The Morgan fingerprint density at radius 1 is 1.04 bits per heavy atom. The minimum atomic E-state index is 0. The normalized spacial score (nSPS) is 11.4. The lowest BCUT2D eigenvalue weighted by Gasteiger charge is -2.15. The molecule has 0 saturated heterocycles. The second-order valence-electron chi connectivity index (χ2n) is 6.09. The van der Waals surface area contributed by atoms with Crippen LogP contribution in [0.15, 0.2) is 42.5 Å². The fourth-order valence-corrected chi connectivity index (χ4v) is 2.74. The Bertz CT molecular complexity index is 633. The number of anilines is 1. The number of halogens is 1. The van der Waals surface area contributed by atoms with Crippen molar-refractivity contribution < 1.29 is 4.79 Å². The van der Waals surface area contributed by atoms with Gasteiger partial charge in [-0.3, -0.25) is 4.79 Å². The largest absolute Gasteiger partial charge is 0.399 e. The third kappa shape index (κ3) is 6.33. The van der Waals surface area contributed by atoms with E-state index in [1.165, 1.54) is 16.7 Å². The van der Waals surface area contributed by atoms with E-state index in [0.717, 1.165) is 12.0 Å². The van der Waals surface area contributed by atoms with Gasteiger partial charge in [0.2, 0.25) is 5.91 Å². The number of hydrogen-bond donors (Lipinski definition) is 2. The zero-order valence-electron chi connectivity index (χ0n) is 13.9. The summed E-state index contributed by atoms with van der Waals surface area (Å²) in [4.78, 5) is 12.1. The number of aryl methyl sites for hydroxylation is 2. The number of amides is 1. The van der Waals surface area contributed by atoms with E-state index < -0.39 is 0 Å². The minimum absolute atomic E-state index is 0. The fraction of sp³-hybridized carbons (Fsp3) is 0.316. The molecule has 0 aliphatic carbocycles. The number of hydrogen-bond acceptors (Lipinski definition) is 2. The molecule has 2 rings (SSSR count). The number of rotatable bonds is 5. The van der Waals surface area contributed by atoms with Gasteiger partial charge in [-0.2, -0.15) is 0 Å². The van der Waals surface area contributed by atoms with E-state index in [2.05, 4.69) is 37.4 Å². The minimum Gasteiger partial charge on any atom is -0.399 e. The van der Waals surface area contributed by atoms with Gasteiger partial charge in [0, 0.05) is 11.7 Å². The maximum absolute atomic E-state index is 12.1. The first-order valence-corrected chi connectivity index (χ1v) is 7.63. The third-order valence-electron chi connectivity index (χ3n) is 3.58. The SMILES string of the molecule is Cc1cc(C)cc(CC(C)NC(=O)Cc2ccc(N)cc2)c1.Cl. The molecule has 1 unspecified atom stereocenters. The lowest BCUT2D eigenvalue weighted by Crippen LogP contribution is -2.35. The zero-order chi connectivity index (χ0) is 16.1. The van der Waals surface area contributed by atoms with Gasteiger partial charge in [-0.15, -0.1) is 12.4 Å². The average Bonchev–Trinajstić information content (AvgIpc) is 2.39. The zero-order valence-corrected chi connectivity index (χ0v) is 14.7. The van der Waals surface area contributed by atoms with Crippen molar-refractivity contribution in [2.45, 2.75) is 39.7 Å². The molecule has 0 heterocycles. The Balaban J connectivity index is 0.00000264. The number of carbonyl (C=O) groups excluding carboxylic acids is 1. The highest BCUT2D eigenvalue weighted by molar-refractivity contribution is 5.85. The second-order valence-corrected chi connectivity index (χ2v) is 6.09. The van der Waals surface area contributed by atoms with Crippen LogP contribution < -0.4 is 11.1 Å². The van der Waals surface area contributed by atoms with Gasteiger partial charge in [-0.05, 0) is 50.5 Å². The van der Waals surface area contributed by atoms with Gasteiger partial charge >= 0.3 is 0 Å². The van der Waals surface area contributed by atoms with E-state index in [0.29, 0.717) is 12.1 Å². The van der Waals surface area contributed by atoms with E-state index in [1.807, 2.05) is 31.2 Å². The fourth-order valence-electron chi connectivity index (χ4n) is 2.74. The molecule has 23 heavy (non-hydrogen) atoms. The number of benzene rings is 2. The molecule has 0 spiro atoms. The highest BCUT2D eigenvalue weighted by atomic mass is 35.5. The molecule has 3 nitrogen and oxygen atoms in total. The number of nitrogens with one attached hydrogen (secondary N) is 1. The maximum atomic E-state index is 12.1. The molecule has 0 aliphatic heterocycles. The van der Waals surface area contributed by atoms with Crippen LogP contribution in [0.25, 0.3) is 0 Å². The summed E-state index contributed by atoms with van der Waals surface area (Å²) in [5.74, 6) is 0.0432. The van der Waals surface area contributed by atoms with Gasteiger partial charge < -0.3 is 11.1 Å². The van der Waals surface area contributed by atoms with Crippen molar-refractivity contribution >= 4 is 24.0 Å². The smallest absolute Gasteiger partial charge is 0.224 e. The van der Waals surface area contributed by atoms with Gasteiger partial charge in [0.25, 0.3) is 0 Å². The summed E-state index contributed by atoms with van der Waals surface area (Å²) in [7, 11) is 0. The van der Waals surface area contributed by atoms with E-state index in [-0.39, 0.29) is 24.4 Å². The second kappa shape index (κ2) is 8.59. The molecule has 124 valence electrons. The number of carbonyl (C=O) groups is 1. The molecule has 0 fully saturated rings. The Labute approximate surface area is 144 Å². The molecule has 0 saturated carbocycles. The van der Waals surface area contributed by atoms with Gasteiger partial charge in [0.1, 0.15) is 0 Å². The monoisotopic (exact) mass is 332 g/mol. The van der Waals surface area contributed by atoms with Crippen LogP contribution >= 0.6 is 12.4 Å². The third-order valence-corrected chi connectivity index (χ3v) is 3.58. The summed E-state index contributed by atoms with van der Waals surface area (Å²) in [5, 5.41) is 3.06. The summed E-state index contributed by atoms with van der Waals surface area (Å²) in [6.45, 7) is 6.24. The Morgan fingerprint density at radius 3 is 2.17 bits per heavy atom. The molecular weight excluding hydrogens is 308 g/mol. The van der Waals surface area contributed by atoms with Crippen molar-refractivity contribution in [3.8, 4) is 0 Å². The first-order valence-electron chi connectivity index (χ1n) is 7.63. The molecule has 0 aromatic heterocycles. The van der Waals surface area contributed by atoms with Crippen LogP contribution in [0.1, 0.15) is 29.2 Å². The molecule has 0 aliphatic rings. The van der Waals surface area contributed by atoms with Crippen LogP contribution in [0, 0.1) is 13.8 Å². The molecule has 1 atom stereocenters. The summed E-state index contributed by atoms with van der Waals surface area (Å²) in [5.41, 5.74) is 11.1. The van der Waals surface area contributed by atoms with Crippen molar-refractivity contribution in [3.05, 3.63) is 64.7 Å². The number of nitrogen functional groups attached to an aromatic ring is 1. The van der Waals surface area contributed by atoms with Crippen LogP contribution in [-0.2, 0) is 17.6 Å². The molecule has 2 aromatic rings. The molecule has 2 aromatic carbocycles. The Morgan fingerprint density at radius 2 is 1.61 bits per heavy atom. The molecule has 0 radical (unpaired) electrons. The Hall–Kier alpha value is -2.00. The predicted octanol–water partition coefficient (Wildman–Crippen LogP) is 3.60. The van der Waals surface area contributed by atoms with Crippen LogP contribution in [-0.4, -0.2) is 11.9 Å². The van der Waals surface area contributed by atoms with E-state index in [9.17, 15) is 4.79 Å². The summed E-state index contributed by atoms with van der Waals surface area (Å²) < 4.78 is 0. The van der Waals surface area contributed by atoms with Crippen molar-refractivity contribution in [1.82, 2.24) is 5.32 Å². The van der Waals surface area contributed by atoms with Gasteiger partial charge in [0.15, 0.2) is 0 Å². The van der Waals surface area contributed by atoms with Gasteiger partial charge in [0.05, 0.1) is 6.42 Å². The summed E-state index contributed by atoms with van der Waals surface area (Å²) in [6, 6.07) is 14.1. The first-order chi connectivity index (χ1) is 10.4. The van der Waals surface area contributed by atoms with Crippen molar-refractivity contribution in [1.29, 1.82) is 0 Å².